The second kappa shape index (κ2) is 4.00. The van der Waals surface area contributed by atoms with Gasteiger partial charge in [-0.3, -0.25) is 4.98 Å². The molecule has 0 aromatic carbocycles. The summed E-state index contributed by atoms with van der Waals surface area (Å²) in [4.78, 5) is 8.41. The van der Waals surface area contributed by atoms with E-state index in [1.807, 2.05) is 12.1 Å². The molecule has 0 aliphatic carbocycles. The van der Waals surface area contributed by atoms with Crippen LogP contribution in [0.2, 0.25) is 0 Å². The molecule has 1 aliphatic rings. The predicted octanol–water partition coefficient (Wildman–Crippen LogP) is 0.920. The van der Waals surface area contributed by atoms with Crippen molar-refractivity contribution in [3.63, 3.8) is 0 Å². The summed E-state index contributed by atoms with van der Waals surface area (Å²) < 4.78 is 2.12. The van der Waals surface area contributed by atoms with Gasteiger partial charge in [-0.05, 0) is 12.1 Å². The van der Waals surface area contributed by atoms with E-state index in [9.17, 15) is 0 Å². The molecule has 0 saturated heterocycles. The summed E-state index contributed by atoms with van der Waals surface area (Å²) >= 11 is 0. The summed E-state index contributed by atoms with van der Waals surface area (Å²) in [7, 11) is 0. The minimum absolute atomic E-state index is 0.518. The predicted molar refractivity (Wildman–Crippen MR) is 61.9 cm³/mol. The molecule has 2 aromatic rings. The number of nitriles is 1. The van der Waals surface area contributed by atoms with Crippen LogP contribution in [0.15, 0.2) is 24.5 Å². The third-order valence-corrected chi connectivity index (χ3v) is 2.92. The van der Waals surface area contributed by atoms with Crippen LogP contribution >= 0.6 is 0 Å². The number of hydrogen-bond donors (Lipinski definition) is 1. The van der Waals surface area contributed by atoms with E-state index in [1.54, 1.807) is 12.4 Å². The largest absolute Gasteiger partial charge is 0.324 e. The summed E-state index contributed by atoms with van der Waals surface area (Å²) in [6.07, 6.45) is 3.48. The van der Waals surface area contributed by atoms with Gasteiger partial charge in [0.2, 0.25) is 0 Å². The molecule has 0 radical (unpaired) electrons. The van der Waals surface area contributed by atoms with Crippen LogP contribution in [-0.4, -0.2) is 21.1 Å². The summed E-state index contributed by atoms with van der Waals surface area (Å²) in [6, 6.07) is 5.99. The number of nitrogens with one attached hydrogen (secondary N) is 1. The van der Waals surface area contributed by atoms with Crippen molar-refractivity contribution < 1.29 is 0 Å². The highest BCUT2D eigenvalue weighted by Crippen LogP contribution is 2.23. The molecule has 84 valence electrons. The van der Waals surface area contributed by atoms with Crippen molar-refractivity contribution in [3.05, 3.63) is 35.9 Å². The molecule has 0 saturated carbocycles. The van der Waals surface area contributed by atoms with Crippen molar-refractivity contribution in [2.75, 3.05) is 6.54 Å². The van der Waals surface area contributed by atoms with Crippen LogP contribution in [0.5, 0.6) is 0 Å². The first kappa shape index (κ1) is 10.00. The van der Waals surface area contributed by atoms with E-state index in [-0.39, 0.29) is 0 Å². The lowest BCUT2D eigenvalue weighted by atomic mass is 10.2. The number of hydrogen-bond acceptors (Lipinski definition) is 4. The molecule has 0 fully saturated rings. The monoisotopic (exact) mass is 225 g/mol. The summed E-state index contributed by atoms with van der Waals surface area (Å²) in [5, 5.41) is 12.3. The Hall–Kier alpha value is -2.19. The minimum Gasteiger partial charge on any atom is -0.324 e. The zero-order valence-corrected chi connectivity index (χ0v) is 9.22. The Labute approximate surface area is 98.7 Å². The Morgan fingerprint density at radius 3 is 2.94 bits per heavy atom. The van der Waals surface area contributed by atoms with E-state index < -0.39 is 0 Å². The first-order valence-electron chi connectivity index (χ1n) is 5.51. The molecule has 0 atom stereocenters. The molecule has 2 aromatic heterocycles. The summed E-state index contributed by atoms with van der Waals surface area (Å²) in [5.41, 5.74) is 2.50. The molecule has 17 heavy (non-hydrogen) atoms. The normalized spacial score (nSPS) is 14.1. The quantitative estimate of drug-likeness (QED) is 0.783. The van der Waals surface area contributed by atoms with Gasteiger partial charge in [0.15, 0.2) is 5.69 Å². The third-order valence-electron chi connectivity index (χ3n) is 2.92. The number of aromatic nitrogens is 3. The molecule has 3 heterocycles. The third kappa shape index (κ3) is 1.59. The van der Waals surface area contributed by atoms with E-state index in [0.717, 1.165) is 30.2 Å². The van der Waals surface area contributed by atoms with E-state index in [0.29, 0.717) is 12.2 Å². The van der Waals surface area contributed by atoms with Gasteiger partial charge >= 0.3 is 0 Å². The standard InChI is InChI=1S/C12H11N5/c13-7-10-11-8-15-5-6-17(11)12(16-10)9-1-3-14-4-2-9/h1-4,15H,5-6,8H2. The first-order chi connectivity index (χ1) is 8.40. The van der Waals surface area contributed by atoms with Gasteiger partial charge in [-0.15, -0.1) is 0 Å². The Balaban J connectivity index is 2.18. The van der Waals surface area contributed by atoms with Crippen LogP contribution in [0.25, 0.3) is 11.4 Å². The maximum atomic E-state index is 9.09. The van der Waals surface area contributed by atoms with E-state index in [4.69, 9.17) is 5.26 Å². The molecule has 1 aliphatic heterocycles. The van der Waals surface area contributed by atoms with Gasteiger partial charge in [-0.1, -0.05) is 0 Å². The fourth-order valence-electron chi connectivity index (χ4n) is 2.12. The lowest BCUT2D eigenvalue weighted by Gasteiger charge is -2.17. The smallest absolute Gasteiger partial charge is 0.163 e. The number of pyridine rings is 1. The van der Waals surface area contributed by atoms with Crippen LogP contribution < -0.4 is 5.32 Å². The Bertz CT molecular complexity index is 579. The van der Waals surface area contributed by atoms with Crippen LogP contribution in [0, 0.1) is 11.3 Å². The Morgan fingerprint density at radius 2 is 2.18 bits per heavy atom. The van der Waals surface area contributed by atoms with Crippen molar-refractivity contribution in [1.29, 1.82) is 5.26 Å². The van der Waals surface area contributed by atoms with Crippen LogP contribution in [-0.2, 0) is 13.1 Å². The minimum atomic E-state index is 0.518. The molecule has 1 N–H and O–H groups in total. The molecular weight excluding hydrogens is 214 g/mol. The van der Waals surface area contributed by atoms with Gasteiger partial charge in [0.25, 0.3) is 0 Å². The average molecular weight is 225 g/mol. The van der Waals surface area contributed by atoms with Crippen molar-refractivity contribution >= 4 is 0 Å². The molecule has 3 rings (SSSR count). The second-order valence-electron chi connectivity index (χ2n) is 3.91. The maximum Gasteiger partial charge on any atom is 0.163 e. The van der Waals surface area contributed by atoms with Crippen molar-refractivity contribution in [3.8, 4) is 17.5 Å². The molecular formula is C12H11N5. The second-order valence-corrected chi connectivity index (χ2v) is 3.91. The average Bonchev–Trinajstić information content (AvgIpc) is 2.78. The van der Waals surface area contributed by atoms with E-state index in [1.165, 1.54) is 0 Å². The molecule has 0 amide bonds. The molecule has 0 spiro atoms. The molecule has 5 heteroatoms. The van der Waals surface area contributed by atoms with Crippen LogP contribution in [0.3, 0.4) is 0 Å². The van der Waals surface area contributed by atoms with E-state index >= 15 is 0 Å². The van der Waals surface area contributed by atoms with Crippen LogP contribution in [0.1, 0.15) is 11.4 Å². The summed E-state index contributed by atoms with van der Waals surface area (Å²) in [5.74, 6) is 0.862. The maximum absolute atomic E-state index is 9.09. The Kier molecular flexibility index (Phi) is 2.35. The zero-order valence-electron chi connectivity index (χ0n) is 9.22. The van der Waals surface area contributed by atoms with Crippen molar-refractivity contribution in [1.82, 2.24) is 19.9 Å². The fraction of sp³-hybridized carbons (Fsp3) is 0.250. The van der Waals surface area contributed by atoms with E-state index in [2.05, 4.69) is 25.9 Å². The molecule has 5 nitrogen and oxygen atoms in total. The van der Waals surface area contributed by atoms with Gasteiger partial charge in [0, 0.05) is 37.6 Å². The SMILES string of the molecule is N#Cc1nc(-c2ccncc2)n2c1CNCC2. The highest BCUT2D eigenvalue weighted by molar-refractivity contribution is 5.57. The molecule has 0 unspecified atom stereocenters. The number of rotatable bonds is 1. The summed E-state index contributed by atoms with van der Waals surface area (Å²) in [6.45, 7) is 2.47. The van der Waals surface area contributed by atoms with Gasteiger partial charge in [-0.25, -0.2) is 4.98 Å². The van der Waals surface area contributed by atoms with Crippen molar-refractivity contribution in [2.45, 2.75) is 13.1 Å². The number of fused-ring (bicyclic) bond motifs is 1. The van der Waals surface area contributed by atoms with Crippen molar-refractivity contribution in [2.24, 2.45) is 0 Å². The number of imidazole rings is 1. The topological polar surface area (TPSA) is 66.5 Å². The fourth-order valence-corrected chi connectivity index (χ4v) is 2.12. The highest BCUT2D eigenvalue weighted by atomic mass is 15.2. The zero-order chi connectivity index (χ0) is 11.7. The molecule has 0 bridgehead atoms. The Morgan fingerprint density at radius 1 is 1.35 bits per heavy atom. The number of nitrogens with zero attached hydrogens (tertiary/aromatic N) is 4. The van der Waals surface area contributed by atoms with Gasteiger partial charge in [0.05, 0.1) is 5.69 Å². The van der Waals surface area contributed by atoms with Gasteiger partial charge in [0.1, 0.15) is 11.9 Å². The van der Waals surface area contributed by atoms with Gasteiger partial charge in [-0.2, -0.15) is 5.26 Å². The lowest BCUT2D eigenvalue weighted by molar-refractivity contribution is 0.519. The van der Waals surface area contributed by atoms with Crippen LogP contribution in [0.4, 0.5) is 0 Å². The first-order valence-corrected chi connectivity index (χ1v) is 5.51. The van der Waals surface area contributed by atoms with Gasteiger partial charge < -0.3 is 9.88 Å². The highest BCUT2D eigenvalue weighted by Gasteiger charge is 2.20. The lowest BCUT2D eigenvalue weighted by Crippen LogP contribution is -2.28.